The second-order valence-corrected chi connectivity index (χ2v) is 4.67. The van der Waals surface area contributed by atoms with Crippen LogP contribution < -0.4 is 10.6 Å². The lowest BCUT2D eigenvalue weighted by atomic mass is 10.2. The SMILES string of the molecule is Cl.Cn1ccnc1-c1cc(NC(=O)C2CCCN2)n[nH]1. The summed E-state index contributed by atoms with van der Waals surface area (Å²) in [5.41, 5.74) is 0.780. The molecule has 1 saturated heterocycles. The largest absolute Gasteiger partial charge is 0.333 e. The lowest BCUT2D eigenvalue weighted by Gasteiger charge is -2.08. The van der Waals surface area contributed by atoms with Crippen LogP contribution in [-0.2, 0) is 11.8 Å². The average molecular weight is 297 g/mol. The molecule has 1 atom stereocenters. The molecule has 1 aliphatic heterocycles. The number of nitrogens with zero attached hydrogens (tertiary/aromatic N) is 3. The molecule has 108 valence electrons. The molecule has 3 rings (SSSR count). The topological polar surface area (TPSA) is 87.6 Å². The summed E-state index contributed by atoms with van der Waals surface area (Å²) < 4.78 is 1.89. The van der Waals surface area contributed by atoms with Gasteiger partial charge >= 0.3 is 0 Å². The van der Waals surface area contributed by atoms with Crippen molar-refractivity contribution in [2.75, 3.05) is 11.9 Å². The summed E-state index contributed by atoms with van der Waals surface area (Å²) >= 11 is 0. The van der Waals surface area contributed by atoms with E-state index in [0.29, 0.717) is 5.82 Å². The maximum Gasteiger partial charge on any atom is 0.242 e. The molecule has 2 aromatic rings. The van der Waals surface area contributed by atoms with E-state index in [9.17, 15) is 4.79 Å². The predicted molar refractivity (Wildman–Crippen MR) is 77.7 cm³/mol. The first-order valence-corrected chi connectivity index (χ1v) is 6.31. The summed E-state index contributed by atoms with van der Waals surface area (Å²) in [5.74, 6) is 1.28. The molecule has 0 spiro atoms. The molecule has 0 radical (unpaired) electrons. The van der Waals surface area contributed by atoms with Crippen LogP contribution in [0, 0.1) is 0 Å². The van der Waals surface area contributed by atoms with Crippen molar-refractivity contribution in [2.45, 2.75) is 18.9 Å². The number of aryl methyl sites for hydroxylation is 1. The van der Waals surface area contributed by atoms with Gasteiger partial charge in [-0.15, -0.1) is 12.4 Å². The molecule has 1 amide bonds. The van der Waals surface area contributed by atoms with E-state index in [4.69, 9.17) is 0 Å². The van der Waals surface area contributed by atoms with Crippen molar-refractivity contribution in [3.05, 3.63) is 18.5 Å². The maximum absolute atomic E-state index is 11.9. The molecular weight excluding hydrogens is 280 g/mol. The van der Waals surface area contributed by atoms with Crippen LogP contribution in [0.4, 0.5) is 5.82 Å². The number of amides is 1. The van der Waals surface area contributed by atoms with Gasteiger partial charge in [-0.1, -0.05) is 0 Å². The van der Waals surface area contributed by atoms with E-state index < -0.39 is 0 Å². The summed E-state index contributed by atoms with van der Waals surface area (Å²) in [6.45, 7) is 0.900. The highest BCUT2D eigenvalue weighted by Crippen LogP contribution is 2.17. The molecule has 1 fully saturated rings. The van der Waals surface area contributed by atoms with Gasteiger partial charge in [0, 0.05) is 25.5 Å². The Morgan fingerprint density at radius 3 is 3.05 bits per heavy atom. The molecule has 20 heavy (non-hydrogen) atoms. The number of carbonyl (C=O) groups is 1. The van der Waals surface area contributed by atoms with Crippen molar-refractivity contribution in [1.82, 2.24) is 25.1 Å². The van der Waals surface area contributed by atoms with E-state index in [1.54, 1.807) is 12.3 Å². The Kier molecular flexibility index (Phi) is 4.41. The van der Waals surface area contributed by atoms with Crippen molar-refractivity contribution >= 4 is 24.1 Å². The Hall–Kier alpha value is -1.86. The molecule has 0 aromatic carbocycles. The Labute approximate surface area is 122 Å². The first-order valence-electron chi connectivity index (χ1n) is 6.31. The van der Waals surface area contributed by atoms with Gasteiger partial charge in [0.25, 0.3) is 0 Å². The average Bonchev–Trinajstić information content (AvgIpc) is 3.08. The van der Waals surface area contributed by atoms with E-state index >= 15 is 0 Å². The molecule has 1 unspecified atom stereocenters. The van der Waals surface area contributed by atoms with Gasteiger partial charge in [0.05, 0.1) is 6.04 Å². The molecule has 3 heterocycles. The fourth-order valence-electron chi connectivity index (χ4n) is 2.25. The number of hydrogen-bond donors (Lipinski definition) is 3. The number of carbonyl (C=O) groups excluding carboxylic acids is 1. The molecule has 8 heteroatoms. The molecule has 0 aliphatic carbocycles. The van der Waals surface area contributed by atoms with E-state index in [-0.39, 0.29) is 24.4 Å². The first-order chi connectivity index (χ1) is 9.24. The van der Waals surface area contributed by atoms with Crippen molar-refractivity contribution in [3.63, 3.8) is 0 Å². The first kappa shape index (κ1) is 14.5. The minimum Gasteiger partial charge on any atom is -0.333 e. The zero-order valence-corrected chi connectivity index (χ0v) is 11.9. The summed E-state index contributed by atoms with van der Waals surface area (Å²) in [6, 6.07) is 1.68. The number of imidazole rings is 1. The highest BCUT2D eigenvalue weighted by atomic mass is 35.5. The van der Waals surface area contributed by atoms with Crippen LogP contribution in [0.2, 0.25) is 0 Å². The Balaban J connectivity index is 0.00000147. The highest BCUT2D eigenvalue weighted by molar-refractivity contribution is 5.94. The van der Waals surface area contributed by atoms with Gasteiger partial charge in [-0.2, -0.15) is 5.10 Å². The van der Waals surface area contributed by atoms with Crippen LogP contribution in [0.5, 0.6) is 0 Å². The smallest absolute Gasteiger partial charge is 0.242 e. The van der Waals surface area contributed by atoms with E-state index in [1.807, 2.05) is 17.8 Å². The highest BCUT2D eigenvalue weighted by Gasteiger charge is 2.22. The standard InChI is InChI=1S/C12H16N6O.ClH/c1-18-6-5-14-11(18)9-7-10(17-16-9)15-12(19)8-3-2-4-13-8;/h5-8,13H,2-4H2,1H3,(H2,15,16,17,19);1H. The van der Waals surface area contributed by atoms with Crippen LogP contribution in [0.25, 0.3) is 11.5 Å². The predicted octanol–water partition coefficient (Wildman–Crippen LogP) is 0.922. The molecule has 2 aromatic heterocycles. The number of hydrogen-bond acceptors (Lipinski definition) is 4. The number of aromatic nitrogens is 4. The minimum absolute atomic E-state index is 0. The Morgan fingerprint density at radius 2 is 2.40 bits per heavy atom. The number of nitrogens with one attached hydrogen (secondary N) is 3. The van der Waals surface area contributed by atoms with Gasteiger partial charge < -0.3 is 15.2 Å². The van der Waals surface area contributed by atoms with Crippen LogP contribution in [0.3, 0.4) is 0 Å². The Bertz CT molecular complexity index is 586. The zero-order valence-electron chi connectivity index (χ0n) is 11.1. The van der Waals surface area contributed by atoms with Crippen molar-refractivity contribution in [1.29, 1.82) is 0 Å². The van der Waals surface area contributed by atoms with E-state index in [1.165, 1.54) is 0 Å². The number of anilines is 1. The summed E-state index contributed by atoms with van der Waals surface area (Å²) in [6.07, 6.45) is 5.49. The normalized spacial score (nSPS) is 17.8. The van der Waals surface area contributed by atoms with Gasteiger partial charge in [-0.05, 0) is 19.4 Å². The molecule has 0 bridgehead atoms. The van der Waals surface area contributed by atoms with Gasteiger partial charge in [0.2, 0.25) is 5.91 Å². The summed E-state index contributed by atoms with van der Waals surface area (Å²) in [4.78, 5) is 16.2. The van der Waals surface area contributed by atoms with Crippen LogP contribution in [0.15, 0.2) is 18.5 Å². The lowest BCUT2D eigenvalue weighted by molar-refractivity contribution is -0.117. The van der Waals surface area contributed by atoms with Crippen molar-refractivity contribution in [3.8, 4) is 11.5 Å². The molecule has 1 aliphatic rings. The molecule has 7 nitrogen and oxygen atoms in total. The molecular formula is C12H17ClN6O. The fraction of sp³-hybridized carbons (Fsp3) is 0.417. The third-order valence-electron chi connectivity index (χ3n) is 3.27. The van der Waals surface area contributed by atoms with Gasteiger partial charge in [0.1, 0.15) is 5.69 Å². The maximum atomic E-state index is 11.9. The second kappa shape index (κ2) is 6.06. The zero-order chi connectivity index (χ0) is 13.2. The van der Waals surface area contributed by atoms with Crippen molar-refractivity contribution in [2.24, 2.45) is 7.05 Å². The lowest BCUT2D eigenvalue weighted by Crippen LogP contribution is -2.35. The third-order valence-corrected chi connectivity index (χ3v) is 3.27. The third kappa shape index (κ3) is 2.83. The van der Waals surface area contributed by atoms with Gasteiger partial charge in [-0.25, -0.2) is 4.98 Å². The van der Waals surface area contributed by atoms with Crippen molar-refractivity contribution < 1.29 is 4.79 Å². The second-order valence-electron chi connectivity index (χ2n) is 4.67. The van der Waals surface area contributed by atoms with Crippen LogP contribution in [-0.4, -0.2) is 38.2 Å². The van der Waals surface area contributed by atoms with E-state index in [0.717, 1.165) is 30.9 Å². The summed E-state index contributed by atoms with van der Waals surface area (Å²) in [5, 5.41) is 12.9. The van der Waals surface area contributed by atoms with Crippen LogP contribution >= 0.6 is 12.4 Å². The fourth-order valence-corrected chi connectivity index (χ4v) is 2.25. The summed E-state index contributed by atoms with van der Waals surface area (Å²) in [7, 11) is 1.91. The number of aromatic amines is 1. The number of H-pyrrole nitrogens is 1. The van der Waals surface area contributed by atoms with Gasteiger partial charge in [0.15, 0.2) is 11.6 Å². The van der Waals surface area contributed by atoms with Crippen LogP contribution in [0.1, 0.15) is 12.8 Å². The Morgan fingerprint density at radius 1 is 1.55 bits per heavy atom. The molecule has 3 N–H and O–H groups in total. The minimum atomic E-state index is -0.103. The molecule has 0 saturated carbocycles. The monoisotopic (exact) mass is 296 g/mol. The quantitative estimate of drug-likeness (QED) is 0.786. The van der Waals surface area contributed by atoms with E-state index in [2.05, 4.69) is 25.8 Å². The number of rotatable bonds is 3. The number of halogens is 1. The van der Waals surface area contributed by atoms with Gasteiger partial charge in [-0.3, -0.25) is 9.89 Å².